The van der Waals surface area contributed by atoms with Gasteiger partial charge in [0.05, 0.1) is 11.0 Å². The van der Waals surface area contributed by atoms with Crippen LogP contribution in [0.15, 0.2) is 18.2 Å². The van der Waals surface area contributed by atoms with Crippen molar-refractivity contribution in [2.45, 2.75) is 19.3 Å². The van der Waals surface area contributed by atoms with E-state index in [2.05, 4.69) is 10.6 Å². The van der Waals surface area contributed by atoms with Gasteiger partial charge in [-0.1, -0.05) is 6.42 Å². The standard InChI is InChI=1S/C14H14FN3O3/c15-11-3-2-10(6-9(11)7-16)18-13(21)17-8-14(12(19)20)4-1-5-14/h2-3,6H,1,4-5,8H2,(H,19,20)(H2,17,18,21). The molecule has 2 amide bonds. The van der Waals surface area contributed by atoms with Crippen molar-refractivity contribution in [1.29, 1.82) is 5.26 Å². The second-order valence-corrected chi connectivity index (χ2v) is 5.05. The molecule has 6 nitrogen and oxygen atoms in total. The first-order chi connectivity index (χ1) is 9.97. The monoisotopic (exact) mass is 291 g/mol. The molecular formula is C14H14FN3O3. The smallest absolute Gasteiger partial charge is 0.319 e. The van der Waals surface area contributed by atoms with Crippen LogP contribution in [0.5, 0.6) is 0 Å². The second kappa shape index (κ2) is 5.79. The number of nitriles is 1. The fourth-order valence-electron chi connectivity index (χ4n) is 2.18. The van der Waals surface area contributed by atoms with Crippen LogP contribution in [-0.2, 0) is 4.79 Å². The number of benzene rings is 1. The summed E-state index contributed by atoms with van der Waals surface area (Å²) in [6.45, 7) is 0.0421. The van der Waals surface area contributed by atoms with Crippen LogP contribution < -0.4 is 10.6 Å². The SMILES string of the molecule is N#Cc1cc(NC(=O)NCC2(C(=O)O)CCC2)ccc1F. The highest BCUT2D eigenvalue weighted by atomic mass is 19.1. The number of halogens is 1. The van der Waals surface area contributed by atoms with Gasteiger partial charge in [-0.25, -0.2) is 9.18 Å². The molecule has 7 heteroatoms. The van der Waals surface area contributed by atoms with Gasteiger partial charge in [-0.15, -0.1) is 0 Å². The molecule has 0 aromatic heterocycles. The van der Waals surface area contributed by atoms with Crippen LogP contribution in [0.2, 0.25) is 0 Å². The van der Waals surface area contributed by atoms with E-state index in [4.69, 9.17) is 10.4 Å². The number of nitrogens with one attached hydrogen (secondary N) is 2. The van der Waals surface area contributed by atoms with E-state index in [1.807, 2.05) is 0 Å². The maximum absolute atomic E-state index is 13.1. The largest absolute Gasteiger partial charge is 0.481 e. The maximum atomic E-state index is 13.1. The zero-order chi connectivity index (χ0) is 15.5. The highest BCUT2D eigenvalue weighted by Crippen LogP contribution is 2.40. The molecular weight excluding hydrogens is 277 g/mol. The third-order valence-electron chi connectivity index (χ3n) is 3.70. The number of rotatable bonds is 4. The zero-order valence-corrected chi connectivity index (χ0v) is 11.1. The minimum Gasteiger partial charge on any atom is -0.481 e. The number of carbonyl (C=O) groups is 2. The molecule has 1 aromatic rings. The average Bonchev–Trinajstić information content (AvgIpc) is 2.39. The molecule has 0 heterocycles. The van der Waals surface area contributed by atoms with Crippen molar-refractivity contribution in [2.75, 3.05) is 11.9 Å². The van der Waals surface area contributed by atoms with Crippen LogP contribution in [-0.4, -0.2) is 23.7 Å². The Morgan fingerprint density at radius 1 is 1.43 bits per heavy atom. The normalized spacial score (nSPS) is 15.4. The molecule has 1 aromatic carbocycles. The van der Waals surface area contributed by atoms with Crippen LogP contribution >= 0.6 is 0 Å². The molecule has 2 rings (SSSR count). The van der Waals surface area contributed by atoms with E-state index in [9.17, 15) is 14.0 Å². The van der Waals surface area contributed by atoms with Crippen molar-refractivity contribution in [3.05, 3.63) is 29.6 Å². The van der Waals surface area contributed by atoms with Crippen molar-refractivity contribution < 1.29 is 19.1 Å². The molecule has 110 valence electrons. The first kappa shape index (κ1) is 14.8. The molecule has 0 bridgehead atoms. The van der Waals surface area contributed by atoms with E-state index in [0.29, 0.717) is 12.8 Å². The molecule has 1 aliphatic rings. The van der Waals surface area contributed by atoms with Gasteiger partial charge < -0.3 is 15.7 Å². The maximum Gasteiger partial charge on any atom is 0.319 e. The molecule has 1 aliphatic carbocycles. The Bertz CT molecular complexity index is 620. The summed E-state index contributed by atoms with van der Waals surface area (Å²) in [5, 5.41) is 22.8. The molecule has 21 heavy (non-hydrogen) atoms. The lowest BCUT2D eigenvalue weighted by Crippen LogP contribution is -2.48. The van der Waals surface area contributed by atoms with Crippen LogP contribution in [0.3, 0.4) is 0 Å². The van der Waals surface area contributed by atoms with Gasteiger partial charge in [0.15, 0.2) is 0 Å². The fraction of sp³-hybridized carbons (Fsp3) is 0.357. The van der Waals surface area contributed by atoms with Crippen molar-refractivity contribution >= 4 is 17.7 Å². The number of hydrogen-bond acceptors (Lipinski definition) is 3. The van der Waals surface area contributed by atoms with Gasteiger partial charge in [0, 0.05) is 12.2 Å². The summed E-state index contributed by atoms with van der Waals surface area (Å²) in [7, 11) is 0. The lowest BCUT2D eigenvalue weighted by atomic mass is 9.69. The van der Waals surface area contributed by atoms with Gasteiger partial charge in [-0.3, -0.25) is 4.79 Å². The summed E-state index contributed by atoms with van der Waals surface area (Å²) in [4.78, 5) is 22.9. The van der Waals surface area contributed by atoms with E-state index in [0.717, 1.165) is 12.5 Å². The number of amides is 2. The first-order valence-corrected chi connectivity index (χ1v) is 6.45. The third-order valence-corrected chi connectivity index (χ3v) is 3.70. The fourth-order valence-corrected chi connectivity index (χ4v) is 2.18. The van der Waals surface area contributed by atoms with Crippen LogP contribution in [0, 0.1) is 22.6 Å². The summed E-state index contributed by atoms with van der Waals surface area (Å²) in [5.41, 5.74) is -0.782. The minimum atomic E-state index is -0.914. The zero-order valence-electron chi connectivity index (χ0n) is 11.1. The molecule has 0 aliphatic heterocycles. The Morgan fingerprint density at radius 2 is 2.14 bits per heavy atom. The van der Waals surface area contributed by atoms with Gasteiger partial charge in [0.2, 0.25) is 0 Å². The van der Waals surface area contributed by atoms with Crippen molar-refractivity contribution in [3.63, 3.8) is 0 Å². The number of anilines is 1. The highest BCUT2D eigenvalue weighted by molar-refractivity contribution is 5.90. The Labute approximate surface area is 120 Å². The lowest BCUT2D eigenvalue weighted by Gasteiger charge is -2.37. The molecule has 1 fully saturated rings. The van der Waals surface area contributed by atoms with Gasteiger partial charge in [0.25, 0.3) is 0 Å². The van der Waals surface area contributed by atoms with Crippen LogP contribution in [0.1, 0.15) is 24.8 Å². The first-order valence-electron chi connectivity index (χ1n) is 6.45. The summed E-state index contributed by atoms with van der Waals surface area (Å²) >= 11 is 0. The van der Waals surface area contributed by atoms with Gasteiger partial charge >= 0.3 is 12.0 Å². The van der Waals surface area contributed by atoms with E-state index in [1.165, 1.54) is 12.1 Å². The molecule has 0 unspecified atom stereocenters. The topological polar surface area (TPSA) is 102 Å². The number of carboxylic acids is 1. The van der Waals surface area contributed by atoms with Crippen molar-refractivity contribution in [1.82, 2.24) is 5.32 Å². The average molecular weight is 291 g/mol. The minimum absolute atomic E-state index is 0.0421. The number of aliphatic carboxylic acids is 1. The number of nitrogens with zero attached hydrogens (tertiary/aromatic N) is 1. The number of urea groups is 1. The van der Waals surface area contributed by atoms with Crippen molar-refractivity contribution in [2.24, 2.45) is 5.41 Å². The van der Waals surface area contributed by atoms with Crippen molar-refractivity contribution in [3.8, 4) is 6.07 Å². The van der Waals surface area contributed by atoms with Crippen LogP contribution in [0.25, 0.3) is 0 Å². The summed E-state index contributed by atoms with van der Waals surface area (Å²) in [6, 6.07) is 4.71. The molecule has 1 saturated carbocycles. The summed E-state index contributed by atoms with van der Waals surface area (Å²) in [5.74, 6) is -1.58. The Kier molecular flexibility index (Phi) is 4.08. The Balaban J connectivity index is 1.93. The summed E-state index contributed by atoms with van der Waals surface area (Å²) in [6.07, 6.45) is 1.91. The predicted molar refractivity (Wildman–Crippen MR) is 72.1 cm³/mol. The molecule has 0 radical (unpaired) electrons. The van der Waals surface area contributed by atoms with Gasteiger partial charge in [-0.2, -0.15) is 5.26 Å². The number of carboxylic acid groups (broad SMARTS) is 1. The quantitative estimate of drug-likeness (QED) is 0.790. The number of carbonyl (C=O) groups excluding carboxylic acids is 1. The molecule has 0 atom stereocenters. The Morgan fingerprint density at radius 3 is 2.67 bits per heavy atom. The lowest BCUT2D eigenvalue weighted by molar-refractivity contribution is -0.153. The molecule has 0 saturated heterocycles. The van der Waals surface area contributed by atoms with E-state index >= 15 is 0 Å². The number of hydrogen-bond donors (Lipinski definition) is 3. The molecule has 0 spiro atoms. The van der Waals surface area contributed by atoms with Gasteiger partial charge in [-0.05, 0) is 31.0 Å². The van der Waals surface area contributed by atoms with Crippen LogP contribution in [0.4, 0.5) is 14.9 Å². The van der Waals surface area contributed by atoms with Gasteiger partial charge in [0.1, 0.15) is 11.9 Å². The second-order valence-electron chi connectivity index (χ2n) is 5.05. The highest BCUT2D eigenvalue weighted by Gasteiger charge is 2.44. The van der Waals surface area contributed by atoms with E-state index in [-0.39, 0.29) is 17.8 Å². The third kappa shape index (κ3) is 3.11. The predicted octanol–water partition coefficient (Wildman–Crippen LogP) is 2.07. The van der Waals surface area contributed by atoms with E-state index < -0.39 is 23.2 Å². The van der Waals surface area contributed by atoms with E-state index in [1.54, 1.807) is 6.07 Å². The Hall–Kier alpha value is -2.62. The summed E-state index contributed by atoms with van der Waals surface area (Å²) < 4.78 is 13.1. The molecule has 3 N–H and O–H groups in total.